The summed E-state index contributed by atoms with van der Waals surface area (Å²) in [6.07, 6.45) is 6.96. The molecule has 2 unspecified atom stereocenters. The van der Waals surface area contributed by atoms with Crippen LogP contribution in [0.5, 0.6) is 0 Å². The zero-order valence-electron chi connectivity index (χ0n) is 13.4. The molecule has 0 N–H and O–H groups in total. The van der Waals surface area contributed by atoms with Crippen molar-refractivity contribution in [2.45, 2.75) is 80.6 Å². The Morgan fingerprint density at radius 2 is 1.24 bits per heavy atom. The molecule has 0 saturated heterocycles. The van der Waals surface area contributed by atoms with Crippen LogP contribution in [0, 0.1) is 29.6 Å². The average molecular weight is 240 g/mol. The van der Waals surface area contributed by atoms with Crippen LogP contribution >= 0.6 is 0 Å². The van der Waals surface area contributed by atoms with Crippen LogP contribution in [-0.4, -0.2) is 0 Å². The summed E-state index contributed by atoms with van der Waals surface area (Å²) in [6.45, 7) is 16.7. The monoisotopic (exact) mass is 240 g/mol. The van der Waals surface area contributed by atoms with Crippen molar-refractivity contribution in [3.8, 4) is 0 Å². The van der Waals surface area contributed by atoms with E-state index in [0.29, 0.717) is 0 Å². The van der Waals surface area contributed by atoms with Crippen LogP contribution in [0.2, 0.25) is 0 Å². The standard InChI is InChI=1S/C17H36/c1-8-10-15(7)17(9-2)16(11-13(3)4)12-14(5)6/h13-17H,8-12H2,1-7H3. The summed E-state index contributed by atoms with van der Waals surface area (Å²) in [5.74, 6) is 4.50. The normalized spacial score (nSPS) is 15.9. The molecule has 0 rings (SSSR count). The Hall–Kier alpha value is 0. The Labute approximate surface area is 111 Å². The molecule has 0 bridgehead atoms. The van der Waals surface area contributed by atoms with Crippen LogP contribution in [0.1, 0.15) is 80.6 Å². The molecule has 0 aliphatic rings. The second kappa shape index (κ2) is 9.00. The molecule has 17 heavy (non-hydrogen) atoms. The highest BCUT2D eigenvalue weighted by Crippen LogP contribution is 2.35. The molecule has 0 heterocycles. The molecule has 2 atom stereocenters. The number of hydrogen-bond donors (Lipinski definition) is 0. The van der Waals surface area contributed by atoms with Gasteiger partial charge in [-0.15, -0.1) is 0 Å². The summed E-state index contributed by atoms with van der Waals surface area (Å²) >= 11 is 0. The van der Waals surface area contributed by atoms with Gasteiger partial charge in [-0.1, -0.05) is 67.7 Å². The molecule has 0 aromatic carbocycles. The van der Waals surface area contributed by atoms with Crippen LogP contribution in [-0.2, 0) is 0 Å². The van der Waals surface area contributed by atoms with Crippen molar-refractivity contribution in [2.24, 2.45) is 29.6 Å². The highest BCUT2D eigenvalue weighted by Gasteiger charge is 2.26. The van der Waals surface area contributed by atoms with Crippen molar-refractivity contribution in [3.63, 3.8) is 0 Å². The quantitative estimate of drug-likeness (QED) is 0.453. The van der Waals surface area contributed by atoms with Gasteiger partial charge in [0, 0.05) is 0 Å². The lowest BCUT2D eigenvalue weighted by Crippen LogP contribution is -2.24. The third kappa shape index (κ3) is 7.11. The fourth-order valence-electron chi connectivity index (χ4n) is 3.53. The molecule has 104 valence electrons. The first-order valence-corrected chi connectivity index (χ1v) is 7.92. The summed E-state index contributed by atoms with van der Waals surface area (Å²) in [5, 5.41) is 0. The van der Waals surface area contributed by atoms with Crippen LogP contribution in [0.25, 0.3) is 0 Å². The van der Waals surface area contributed by atoms with Crippen molar-refractivity contribution >= 4 is 0 Å². The molecular weight excluding hydrogens is 204 g/mol. The first-order chi connectivity index (χ1) is 7.92. The maximum atomic E-state index is 2.48. The van der Waals surface area contributed by atoms with E-state index in [1.54, 1.807) is 0 Å². The van der Waals surface area contributed by atoms with Crippen LogP contribution < -0.4 is 0 Å². The van der Waals surface area contributed by atoms with Gasteiger partial charge >= 0.3 is 0 Å². The fourth-order valence-corrected chi connectivity index (χ4v) is 3.53. The van der Waals surface area contributed by atoms with Gasteiger partial charge in [0.15, 0.2) is 0 Å². The smallest absolute Gasteiger partial charge is 0.0362 e. The van der Waals surface area contributed by atoms with Gasteiger partial charge in [0.25, 0.3) is 0 Å². The molecule has 0 aromatic heterocycles. The molecule has 0 aliphatic carbocycles. The minimum Gasteiger partial charge on any atom is -0.0654 e. The van der Waals surface area contributed by atoms with E-state index >= 15 is 0 Å². The minimum atomic E-state index is 0.849. The lowest BCUT2D eigenvalue weighted by Gasteiger charge is -2.33. The zero-order chi connectivity index (χ0) is 13.4. The number of rotatable bonds is 9. The van der Waals surface area contributed by atoms with E-state index in [2.05, 4.69) is 48.5 Å². The predicted octanol–water partition coefficient (Wildman–Crippen LogP) is 6.16. The van der Waals surface area contributed by atoms with Crippen molar-refractivity contribution in [3.05, 3.63) is 0 Å². The Kier molecular flexibility index (Phi) is 9.00. The van der Waals surface area contributed by atoms with E-state index in [1.165, 1.54) is 32.1 Å². The van der Waals surface area contributed by atoms with Gasteiger partial charge in [-0.05, 0) is 42.4 Å². The van der Waals surface area contributed by atoms with Crippen LogP contribution in [0.4, 0.5) is 0 Å². The summed E-state index contributed by atoms with van der Waals surface area (Å²) in [7, 11) is 0. The van der Waals surface area contributed by atoms with Gasteiger partial charge < -0.3 is 0 Å². The van der Waals surface area contributed by atoms with E-state index in [1.807, 2.05) is 0 Å². The molecular formula is C17H36. The summed E-state index contributed by atoms with van der Waals surface area (Å²) in [4.78, 5) is 0. The Bertz CT molecular complexity index is 159. The van der Waals surface area contributed by atoms with E-state index in [4.69, 9.17) is 0 Å². The highest BCUT2D eigenvalue weighted by atomic mass is 14.3. The van der Waals surface area contributed by atoms with Crippen LogP contribution in [0.15, 0.2) is 0 Å². The fraction of sp³-hybridized carbons (Fsp3) is 1.00. The maximum Gasteiger partial charge on any atom is -0.0362 e. The van der Waals surface area contributed by atoms with Gasteiger partial charge in [-0.3, -0.25) is 0 Å². The largest absolute Gasteiger partial charge is 0.0654 e. The molecule has 0 aromatic rings. The van der Waals surface area contributed by atoms with Gasteiger partial charge in [0.1, 0.15) is 0 Å². The molecule has 0 nitrogen and oxygen atoms in total. The van der Waals surface area contributed by atoms with E-state index in [0.717, 1.165) is 29.6 Å². The van der Waals surface area contributed by atoms with E-state index < -0.39 is 0 Å². The van der Waals surface area contributed by atoms with E-state index in [9.17, 15) is 0 Å². The van der Waals surface area contributed by atoms with Crippen LogP contribution in [0.3, 0.4) is 0 Å². The van der Waals surface area contributed by atoms with Gasteiger partial charge in [0.2, 0.25) is 0 Å². The van der Waals surface area contributed by atoms with E-state index in [-0.39, 0.29) is 0 Å². The van der Waals surface area contributed by atoms with Crippen molar-refractivity contribution in [2.75, 3.05) is 0 Å². The third-order valence-corrected chi connectivity index (χ3v) is 4.10. The third-order valence-electron chi connectivity index (χ3n) is 4.10. The second-order valence-electron chi connectivity index (χ2n) is 6.86. The zero-order valence-corrected chi connectivity index (χ0v) is 13.4. The summed E-state index contributed by atoms with van der Waals surface area (Å²) in [6, 6.07) is 0. The molecule has 0 saturated carbocycles. The Balaban J connectivity index is 4.58. The topological polar surface area (TPSA) is 0 Å². The first-order valence-electron chi connectivity index (χ1n) is 7.92. The minimum absolute atomic E-state index is 0.849. The summed E-state index contributed by atoms with van der Waals surface area (Å²) < 4.78 is 0. The molecule has 0 spiro atoms. The Morgan fingerprint density at radius 1 is 0.765 bits per heavy atom. The summed E-state index contributed by atoms with van der Waals surface area (Å²) in [5.41, 5.74) is 0. The highest BCUT2D eigenvalue weighted by molar-refractivity contribution is 4.76. The van der Waals surface area contributed by atoms with Crippen molar-refractivity contribution < 1.29 is 0 Å². The van der Waals surface area contributed by atoms with Gasteiger partial charge in [-0.25, -0.2) is 0 Å². The average Bonchev–Trinajstić information content (AvgIpc) is 2.16. The second-order valence-corrected chi connectivity index (χ2v) is 6.86. The lowest BCUT2D eigenvalue weighted by atomic mass is 9.72. The van der Waals surface area contributed by atoms with Gasteiger partial charge in [-0.2, -0.15) is 0 Å². The van der Waals surface area contributed by atoms with Crippen molar-refractivity contribution in [1.82, 2.24) is 0 Å². The van der Waals surface area contributed by atoms with Crippen molar-refractivity contribution in [1.29, 1.82) is 0 Å². The lowest BCUT2D eigenvalue weighted by molar-refractivity contribution is 0.168. The molecule has 0 amide bonds. The molecule has 0 radical (unpaired) electrons. The van der Waals surface area contributed by atoms with Gasteiger partial charge in [0.05, 0.1) is 0 Å². The SMILES string of the molecule is CCCC(C)C(CC)C(CC(C)C)CC(C)C. The molecule has 0 fully saturated rings. The Morgan fingerprint density at radius 3 is 1.53 bits per heavy atom. The molecule has 0 heteroatoms. The molecule has 0 aliphatic heterocycles. The number of hydrogen-bond acceptors (Lipinski definition) is 0. The maximum absolute atomic E-state index is 2.48. The first kappa shape index (κ1) is 17.0. The predicted molar refractivity (Wildman–Crippen MR) is 80.3 cm³/mol.